The van der Waals surface area contributed by atoms with Gasteiger partial charge in [0.25, 0.3) is 0 Å². The molecule has 7 heteroatoms. The lowest BCUT2D eigenvalue weighted by atomic mass is 9.98. The number of benzene rings is 1. The van der Waals surface area contributed by atoms with Crippen LogP contribution in [0.2, 0.25) is 0 Å². The van der Waals surface area contributed by atoms with E-state index in [4.69, 9.17) is 0 Å². The predicted octanol–water partition coefficient (Wildman–Crippen LogP) is -0.981. The number of phenols is 1. The second-order valence-corrected chi connectivity index (χ2v) is 4.87. The van der Waals surface area contributed by atoms with Gasteiger partial charge in [-0.15, -0.1) is 0 Å². The highest BCUT2D eigenvalue weighted by Gasteiger charge is 2.33. The fraction of sp³-hybridized carbons (Fsp3) is 0.462. The molecule has 1 saturated heterocycles. The van der Waals surface area contributed by atoms with Crippen LogP contribution < -0.4 is 10.6 Å². The molecule has 1 aliphatic rings. The third-order valence-electron chi connectivity index (χ3n) is 3.36. The zero-order valence-corrected chi connectivity index (χ0v) is 10.7. The van der Waals surface area contributed by atoms with Gasteiger partial charge in [-0.25, -0.2) is 0 Å². The van der Waals surface area contributed by atoms with E-state index in [2.05, 4.69) is 10.6 Å². The maximum Gasteiger partial charge on any atom is 0.153 e. The quantitative estimate of drug-likeness (QED) is 0.310. The minimum atomic E-state index is -1.19. The maximum absolute atomic E-state index is 10.7. The Morgan fingerprint density at radius 2 is 2.10 bits per heavy atom. The van der Waals surface area contributed by atoms with E-state index in [1.165, 1.54) is 12.1 Å². The van der Waals surface area contributed by atoms with E-state index >= 15 is 0 Å². The van der Waals surface area contributed by atoms with E-state index < -0.39 is 18.4 Å². The van der Waals surface area contributed by atoms with Gasteiger partial charge in [-0.2, -0.15) is 0 Å². The molecule has 0 saturated carbocycles. The Labute approximate surface area is 115 Å². The van der Waals surface area contributed by atoms with Gasteiger partial charge in [-0.05, 0) is 24.6 Å². The molecule has 20 heavy (non-hydrogen) atoms. The van der Waals surface area contributed by atoms with Crippen molar-refractivity contribution in [2.75, 3.05) is 11.9 Å². The van der Waals surface area contributed by atoms with Crippen molar-refractivity contribution in [2.45, 2.75) is 30.9 Å². The highest BCUT2D eigenvalue weighted by molar-refractivity contribution is 5.81. The molecule has 0 radical (unpaired) electrons. The summed E-state index contributed by atoms with van der Waals surface area (Å²) in [7, 11) is 0. The molecule has 1 fully saturated rings. The fourth-order valence-corrected chi connectivity index (χ4v) is 2.19. The lowest BCUT2D eigenvalue weighted by molar-refractivity contribution is -0.104. The number of hydrogen-bond donors (Lipinski definition) is 6. The topological polar surface area (TPSA) is 122 Å². The van der Waals surface area contributed by atoms with Crippen LogP contribution >= 0.6 is 0 Å². The van der Waals surface area contributed by atoms with Gasteiger partial charge >= 0.3 is 0 Å². The Bertz CT molecular complexity index is 470. The van der Waals surface area contributed by atoms with Crippen molar-refractivity contribution in [1.29, 1.82) is 0 Å². The molecule has 1 aromatic rings. The lowest BCUT2D eigenvalue weighted by Gasteiger charge is -2.35. The lowest BCUT2D eigenvalue weighted by Crippen LogP contribution is -2.58. The summed E-state index contributed by atoms with van der Waals surface area (Å²) >= 11 is 0. The smallest absolute Gasteiger partial charge is 0.153 e. The van der Waals surface area contributed by atoms with Crippen LogP contribution in [0.25, 0.3) is 0 Å². The molecule has 6 N–H and O–H groups in total. The van der Waals surface area contributed by atoms with Crippen LogP contribution in [0.15, 0.2) is 18.2 Å². The second-order valence-electron chi connectivity index (χ2n) is 4.87. The van der Waals surface area contributed by atoms with Gasteiger partial charge in [0.15, 0.2) is 6.29 Å². The van der Waals surface area contributed by atoms with E-state index in [1.54, 1.807) is 6.07 Å². The van der Waals surface area contributed by atoms with Crippen LogP contribution in [0, 0.1) is 0 Å². The average molecular weight is 282 g/mol. The van der Waals surface area contributed by atoms with Crippen molar-refractivity contribution in [3.8, 4) is 5.75 Å². The second kappa shape index (κ2) is 6.19. The predicted molar refractivity (Wildman–Crippen MR) is 71.5 cm³/mol. The van der Waals surface area contributed by atoms with Crippen LogP contribution in [-0.2, 0) is 0 Å². The molecule has 1 heterocycles. The van der Waals surface area contributed by atoms with E-state index in [9.17, 15) is 25.2 Å². The number of piperidine rings is 1. The maximum atomic E-state index is 10.7. The molecule has 110 valence electrons. The van der Waals surface area contributed by atoms with Gasteiger partial charge < -0.3 is 25.7 Å². The van der Waals surface area contributed by atoms with E-state index in [0.717, 1.165) is 0 Å². The van der Waals surface area contributed by atoms with E-state index in [-0.39, 0.29) is 17.4 Å². The molecule has 0 aromatic heterocycles. The zero-order valence-electron chi connectivity index (χ0n) is 10.7. The Morgan fingerprint density at radius 3 is 2.75 bits per heavy atom. The summed E-state index contributed by atoms with van der Waals surface area (Å²) < 4.78 is 0. The van der Waals surface area contributed by atoms with E-state index in [0.29, 0.717) is 24.9 Å². The zero-order chi connectivity index (χ0) is 14.7. The van der Waals surface area contributed by atoms with Gasteiger partial charge in [0.1, 0.15) is 18.1 Å². The minimum Gasteiger partial charge on any atom is -0.507 e. The molecule has 1 aliphatic heterocycles. The first-order valence-electron chi connectivity index (χ1n) is 6.33. The van der Waals surface area contributed by atoms with Crippen LogP contribution in [0.3, 0.4) is 0 Å². The highest BCUT2D eigenvalue weighted by atomic mass is 16.4. The molecule has 0 aliphatic carbocycles. The van der Waals surface area contributed by atoms with Gasteiger partial charge in [0.2, 0.25) is 0 Å². The van der Waals surface area contributed by atoms with Crippen molar-refractivity contribution in [1.82, 2.24) is 5.32 Å². The number of aliphatic hydroxyl groups excluding tert-OH is 3. The number of nitrogens with one attached hydrogen (secondary N) is 2. The first-order chi connectivity index (χ1) is 9.51. The Balaban J connectivity index is 1.94. The van der Waals surface area contributed by atoms with Crippen molar-refractivity contribution >= 4 is 12.0 Å². The van der Waals surface area contributed by atoms with E-state index in [1.807, 2.05) is 0 Å². The minimum absolute atomic E-state index is 0.0877. The molecular weight excluding hydrogens is 264 g/mol. The molecule has 0 spiro atoms. The number of rotatable bonds is 4. The van der Waals surface area contributed by atoms with Crippen molar-refractivity contribution in [2.24, 2.45) is 0 Å². The summed E-state index contributed by atoms with van der Waals surface area (Å²) in [5, 5.41) is 43.7. The molecule has 4 unspecified atom stereocenters. The van der Waals surface area contributed by atoms with Crippen molar-refractivity contribution < 1.29 is 25.2 Å². The monoisotopic (exact) mass is 282 g/mol. The largest absolute Gasteiger partial charge is 0.507 e. The number of phenolic OH excluding ortho intramolecular Hbond substituents is 1. The number of carbonyl (C=O) groups excluding carboxylic acids is 1. The molecule has 2 rings (SSSR count). The third kappa shape index (κ3) is 3.26. The number of aliphatic hydroxyl groups is 3. The summed E-state index contributed by atoms with van der Waals surface area (Å²) in [6.07, 6.45) is -2.49. The molecule has 7 nitrogen and oxygen atoms in total. The number of carbonyl (C=O) groups is 1. The summed E-state index contributed by atoms with van der Waals surface area (Å²) in [5.41, 5.74) is 0.823. The molecule has 4 atom stereocenters. The van der Waals surface area contributed by atoms with Crippen molar-refractivity contribution in [3.05, 3.63) is 23.8 Å². The normalized spacial score (nSPS) is 29.9. The van der Waals surface area contributed by atoms with Crippen LogP contribution in [0.4, 0.5) is 5.69 Å². The summed E-state index contributed by atoms with van der Waals surface area (Å²) in [6, 6.07) is 4.31. The Morgan fingerprint density at radius 1 is 1.35 bits per heavy atom. The number of anilines is 1. The first-order valence-corrected chi connectivity index (χ1v) is 6.33. The van der Waals surface area contributed by atoms with Crippen LogP contribution in [0.5, 0.6) is 5.75 Å². The van der Waals surface area contributed by atoms with Gasteiger partial charge in [0, 0.05) is 18.3 Å². The SMILES string of the molecule is O=Cc1cc(NCC2CC(O)C(O)C(O)N2)ccc1O. The van der Waals surface area contributed by atoms with Crippen molar-refractivity contribution in [3.63, 3.8) is 0 Å². The molecule has 0 bridgehead atoms. The number of aromatic hydroxyl groups is 1. The standard InChI is InChI=1S/C13H18N2O5/c16-6-7-3-8(1-2-10(7)17)14-5-9-4-11(18)12(19)13(20)15-9/h1-3,6,9,11-15,17-20H,4-5H2. The van der Waals surface area contributed by atoms with Gasteiger partial charge in [-0.3, -0.25) is 10.1 Å². The highest BCUT2D eigenvalue weighted by Crippen LogP contribution is 2.20. The Kier molecular flexibility index (Phi) is 4.56. The fourth-order valence-electron chi connectivity index (χ4n) is 2.19. The van der Waals surface area contributed by atoms with Crippen LogP contribution in [-0.4, -0.2) is 57.7 Å². The van der Waals surface area contributed by atoms with Gasteiger partial charge in [-0.1, -0.05) is 0 Å². The van der Waals surface area contributed by atoms with Gasteiger partial charge in [0.05, 0.1) is 11.7 Å². The molecular formula is C13H18N2O5. The molecule has 1 aromatic carbocycles. The summed E-state index contributed by atoms with van der Waals surface area (Å²) in [6.45, 7) is 0.393. The van der Waals surface area contributed by atoms with Crippen LogP contribution in [0.1, 0.15) is 16.8 Å². The number of hydrogen-bond acceptors (Lipinski definition) is 7. The first kappa shape index (κ1) is 14.7. The Hall–Kier alpha value is -1.67. The average Bonchev–Trinajstić information content (AvgIpc) is 2.43. The summed E-state index contributed by atoms with van der Waals surface area (Å²) in [4.78, 5) is 10.7. The molecule has 0 amide bonds. The number of aldehydes is 1. The summed E-state index contributed by atoms with van der Waals surface area (Å²) in [5.74, 6) is -0.0877. The third-order valence-corrected chi connectivity index (χ3v) is 3.36.